The van der Waals surface area contributed by atoms with Gasteiger partial charge in [-0.05, 0) is 28.5 Å². The molecule has 0 atom stereocenters. The van der Waals surface area contributed by atoms with E-state index in [1.807, 2.05) is 18.3 Å². The summed E-state index contributed by atoms with van der Waals surface area (Å²) in [4.78, 5) is 3.12. The van der Waals surface area contributed by atoms with E-state index in [2.05, 4.69) is 23.2 Å². The van der Waals surface area contributed by atoms with E-state index >= 15 is 0 Å². The molecule has 2 rings (SSSR count). The zero-order valence-electron chi connectivity index (χ0n) is 4.96. The van der Waals surface area contributed by atoms with E-state index < -0.39 is 0 Å². The summed E-state index contributed by atoms with van der Waals surface area (Å²) in [6, 6.07) is 10.3. The Hall–Kier alpha value is -1.02. The highest BCUT2D eigenvalue weighted by Crippen LogP contribution is 2.09. The zero-order chi connectivity index (χ0) is 6.10. The Morgan fingerprint density at radius 1 is 1.00 bits per heavy atom. The van der Waals surface area contributed by atoms with Gasteiger partial charge >= 0.3 is 0 Å². The lowest BCUT2D eigenvalue weighted by molar-refractivity contribution is 1.48. The Labute approximate surface area is 64.1 Å². The molecule has 10 heavy (non-hydrogen) atoms. The normalized spacial score (nSPS) is 9.20. The van der Waals surface area contributed by atoms with Gasteiger partial charge in [-0.1, -0.05) is 18.2 Å². The molecule has 1 aromatic carbocycles. The molecule has 1 heterocycles. The number of hydrogen-bond acceptors (Lipinski definition) is 0. The van der Waals surface area contributed by atoms with E-state index in [0.717, 1.165) is 0 Å². The van der Waals surface area contributed by atoms with Gasteiger partial charge < -0.3 is 4.98 Å². The quantitative estimate of drug-likeness (QED) is 0.531. The van der Waals surface area contributed by atoms with Gasteiger partial charge in [0.05, 0.1) is 0 Å². The molecule has 0 fully saturated rings. The maximum atomic E-state index is 3.12. The highest BCUT2D eigenvalue weighted by molar-refractivity contribution is 5.78. The predicted octanol–water partition coefficient (Wildman–Crippen LogP) is 0.716. The number of hydrogen-bond donors (Lipinski definition) is 1. The van der Waals surface area contributed by atoms with Crippen molar-refractivity contribution in [2.24, 2.45) is 0 Å². The lowest BCUT2D eigenvalue weighted by Crippen LogP contribution is -1.61. The first-order valence-electron chi connectivity index (χ1n) is 2.99. The van der Waals surface area contributed by atoms with E-state index in [9.17, 15) is 0 Å². The van der Waals surface area contributed by atoms with Crippen molar-refractivity contribution >= 4 is 21.9 Å². The van der Waals surface area contributed by atoms with Gasteiger partial charge in [-0.25, -0.2) is 0 Å². The molecule has 1 N–H and O–H groups in total. The van der Waals surface area contributed by atoms with Gasteiger partial charge in [0.2, 0.25) is 0 Å². The Morgan fingerprint density at radius 3 is 2.60 bits per heavy atom. The number of para-hydroxylation sites is 1. The smallest absolute Gasteiger partial charge is 0.0453 e. The first kappa shape index (κ1) is 7.09. The molecule has 2 heteroatoms. The highest BCUT2D eigenvalue weighted by atomic mass is 28.1. The fraction of sp³-hybridized carbons (Fsp3) is 0. The molecule has 0 unspecified atom stereocenters. The van der Waals surface area contributed by atoms with Crippen molar-refractivity contribution in [2.75, 3.05) is 0 Å². The summed E-state index contributed by atoms with van der Waals surface area (Å²) >= 11 is 0. The van der Waals surface area contributed by atoms with E-state index in [-0.39, 0.29) is 11.0 Å². The molecule has 52 valence electrons. The maximum absolute atomic E-state index is 3.12. The van der Waals surface area contributed by atoms with Crippen LogP contribution in [0, 0.1) is 0 Å². The van der Waals surface area contributed by atoms with E-state index in [1.54, 1.807) is 0 Å². The molecule has 0 aliphatic heterocycles. The third-order valence-corrected chi connectivity index (χ3v) is 1.46. The summed E-state index contributed by atoms with van der Waals surface area (Å²) in [7, 11) is 0. The molecule has 0 aliphatic rings. The van der Waals surface area contributed by atoms with Gasteiger partial charge in [0.1, 0.15) is 0 Å². The molecule has 0 bridgehead atoms. The maximum Gasteiger partial charge on any atom is 0.0453 e. The highest BCUT2D eigenvalue weighted by Gasteiger charge is 1.86. The molecular weight excluding hydrogens is 138 g/mol. The Balaban J connectivity index is 0.000000500. The van der Waals surface area contributed by atoms with Crippen molar-refractivity contribution < 1.29 is 0 Å². The average Bonchev–Trinajstić information content (AvgIpc) is 2.33. The number of aromatic nitrogens is 1. The van der Waals surface area contributed by atoms with Crippen molar-refractivity contribution in [3.8, 4) is 0 Å². The summed E-state index contributed by atoms with van der Waals surface area (Å²) < 4.78 is 0. The molecule has 2 aromatic rings. The van der Waals surface area contributed by atoms with Gasteiger partial charge in [-0.3, -0.25) is 0 Å². The van der Waals surface area contributed by atoms with Crippen LogP contribution in [0.1, 0.15) is 0 Å². The van der Waals surface area contributed by atoms with Crippen LogP contribution >= 0.6 is 0 Å². The number of aromatic amines is 1. The molecule has 0 aliphatic carbocycles. The number of H-pyrrole nitrogens is 1. The fourth-order valence-corrected chi connectivity index (χ4v) is 0.995. The summed E-state index contributed by atoms with van der Waals surface area (Å²) in [6.07, 6.45) is 1.95. The lowest BCUT2D eigenvalue weighted by Gasteiger charge is -1.83. The molecule has 0 saturated heterocycles. The Morgan fingerprint density at radius 2 is 1.80 bits per heavy atom. The second kappa shape index (κ2) is 2.71. The molecule has 0 spiro atoms. The summed E-state index contributed by atoms with van der Waals surface area (Å²) in [6.45, 7) is 0. The number of fused-ring (bicyclic) bond motifs is 1. The monoisotopic (exact) mass is 149 g/mol. The minimum absolute atomic E-state index is 0. The number of rotatable bonds is 0. The SMILES string of the molecule is [SiH4].c1ccc2[nH]ccc2c1. The van der Waals surface area contributed by atoms with Crippen molar-refractivity contribution in [2.45, 2.75) is 0 Å². The fourth-order valence-electron chi connectivity index (χ4n) is 0.995. The summed E-state index contributed by atoms with van der Waals surface area (Å²) in [5, 5.41) is 1.28. The lowest BCUT2D eigenvalue weighted by atomic mass is 10.3. The van der Waals surface area contributed by atoms with Crippen LogP contribution in [0.3, 0.4) is 0 Å². The van der Waals surface area contributed by atoms with Crippen LogP contribution in [-0.4, -0.2) is 15.9 Å². The third-order valence-electron chi connectivity index (χ3n) is 1.46. The topological polar surface area (TPSA) is 15.8 Å². The van der Waals surface area contributed by atoms with E-state index in [1.165, 1.54) is 10.9 Å². The van der Waals surface area contributed by atoms with Crippen molar-refractivity contribution in [3.63, 3.8) is 0 Å². The van der Waals surface area contributed by atoms with Gasteiger partial charge in [-0.2, -0.15) is 0 Å². The first-order chi connectivity index (χ1) is 4.47. The van der Waals surface area contributed by atoms with Crippen molar-refractivity contribution in [1.29, 1.82) is 0 Å². The minimum Gasteiger partial charge on any atom is -0.361 e. The molecule has 0 radical (unpaired) electrons. The van der Waals surface area contributed by atoms with Crippen molar-refractivity contribution in [1.82, 2.24) is 4.98 Å². The van der Waals surface area contributed by atoms with Crippen LogP contribution in [0.2, 0.25) is 0 Å². The molecule has 0 saturated carbocycles. The van der Waals surface area contributed by atoms with E-state index in [0.29, 0.717) is 0 Å². The van der Waals surface area contributed by atoms with Crippen LogP contribution < -0.4 is 0 Å². The van der Waals surface area contributed by atoms with Crippen LogP contribution in [0.5, 0.6) is 0 Å². The molecule has 1 nitrogen and oxygen atoms in total. The predicted molar refractivity (Wildman–Crippen MR) is 49.6 cm³/mol. The summed E-state index contributed by atoms with van der Waals surface area (Å²) in [5.41, 5.74) is 1.21. The second-order valence-electron chi connectivity index (χ2n) is 2.06. The second-order valence-corrected chi connectivity index (χ2v) is 2.06. The standard InChI is InChI=1S/C8H7N.H4Si/c1-2-4-8-7(3-1)5-6-9-8;/h1-6,9H;1H4. The Kier molecular flexibility index (Phi) is 1.92. The van der Waals surface area contributed by atoms with Gasteiger partial charge in [0, 0.05) is 11.7 Å². The molecule has 0 amide bonds. The van der Waals surface area contributed by atoms with E-state index in [4.69, 9.17) is 0 Å². The number of nitrogens with one attached hydrogen (secondary N) is 1. The van der Waals surface area contributed by atoms with Gasteiger partial charge in [0.15, 0.2) is 0 Å². The van der Waals surface area contributed by atoms with Crippen LogP contribution in [0.25, 0.3) is 10.9 Å². The third kappa shape index (κ3) is 0.976. The minimum atomic E-state index is 0. The van der Waals surface area contributed by atoms with Crippen LogP contribution in [0.15, 0.2) is 36.5 Å². The largest absolute Gasteiger partial charge is 0.361 e. The summed E-state index contributed by atoms with van der Waals surface area (Å²) in [5.74, 6) is 0. The van der Waals surface area contributed by atoms with Crippen LogP contribution in [-0.2, 0) is 0 Å². The van der Waals surface area contributed by atoms with Gasteiger partial charge in [0.25, 0.3) is 0 Å². The van der Waals surface area contributed by atoms with Gasteiger partial charge in [-0.15, -0.1) is 0 Å². The molecule has 1 aromatic heterocycles. The zero-order valence-corrected chi connectivity index (χ0v) is 4.96. The number of benzene rings is 1. The first-order valence-corrected chi connectivity index (χ1v) is 2.99. The molecular formula is C8H11NSi. The Bertz CT molecular complexity index is 283. The van der Waals surface area contributed by atoms with Crippen molar-refractivity contribution in [3.05, 3.63) is 36.5 Å². The van der Waals surface area contributed by atoms with Crippen LogP contribution in [0.4, 0.5) is 0 Å². The average molecular weight is 149 g/mol.